The van der Waals surface area contributed by atoms with Crippen LogP contribution in [0.15, 0.2) is 55.0 Å². The van der Waals surface area contributed by atoms with Crippen LogP contribution >= 0.6 is 0 Å². The van der Waals surface area contributed by atoms with Gasteiger partial charge in [0.25, 0.3) is 0 Å². The molecule has 2 aromatic heterocycles. The molecule has 0 saturated heterocycles. The molecular weight excluding hydrogens is 232 g/mol. The standard InChI is InChI=1S/C16H14N2.CH4/c1-18-10-8-13(9-11-18)6-7-14-12-17-16-5-3-2-4-15(14)16;/h2-12H,1H3;1H4/p+1. The number of H-pyrrole nitrogens is 1. The summed E-state index contributed by atoms with van der Waals surface area (Å²) in [6.07, 6.45) is 10.4. The molecule has 0 aliphatic rings. The highest BCUT2D eigenvalue weighted by Crippen LogP contribution is 2.19. The molecule has 0 aliphatic heterocycles. The first-order valence-electron chi connectivity index (χ1n) is 6.02. The summed E-state index contributed by atoms with van der Waals surface area (Å²) in [5.41, 5.74) is 3.61. The van der Waals surface area contributed by atoms with Gasteiger partial charge in [-0.25, -0.2) is 4.57 Å². The van der Waals surface area contributed by atoms with Crippen molar-refractivity contribution in [3.8, 4) is 0 Å². The van der Waals surface area contributed by atoms with Gasteiger partial charge in [0.05, 0.1) is 0 Å². The molecule has 0 saturated carbocycles. The molecule has 3 rings (SSSR count). The predicted molar refractivity (Wildman–Crippen MR) is 81.6 cm³/mol. The Labute approximate surface area is 114 Å². The average Bonchev–Trinajstić information content (AvgIpc) is 2.82. The topological polar surface area (TPSA) is 19.7 Å². The van der Waals surface area contributed by atoms with Crippen LogP contribution in [0, 0.1) is 0 Å². The highest BCUT2D eigenvalue weighted by molar-refractivity contribution is 5.91. The molecule has 2 heteroatoms. The quantitative estimate of drug-likeness (QED) is 0.668. The zero-order valence-electron chi connectivity index (χ0n) is 10.3. The Hall–Kier alpha value is -2.35. The van der Waals surface area contributed by atoms with Crippen molar-refractivity contribution in [2.45, 2.75) is 7.43 Å². The number of aryl methyl sites for hydroxylation is 1. The molecular formula is C17H19N2+. The SMILES string of the molecule is C.C[n+]1ccc(/C=C/c2c[nH]c3ccccc23)cc1. The Kier molecular flexibility index (Phi) is 3.81. The number of aromatic amines is 1. The molecule has 0 unspecified atom stereocenters. The summed E-state index contributed by atoms with van der Waals surface area (Å²) in [6.45, 7) is 0. The maximum atomic E-state index is 3.28. The third kappa shape index (κ3) is 2.74. The number of nitrogens with zero attached hydrogens (tertiary/aromatic N) is 1. The molecule has 1 N–H and O–H groups in total. The number of pyridine rings is 1. The summed E-state index contributed by atoms with van der Waals surface area (Å²) in [5, 5.41) is 1.26. The van der Waals surface area contributed by atoms with Crippen molar-refractivity contribution >= 4 is 23.1 Å². The minimum absolute atomic E-state index is 0. The van der Waals surface area contributed by atoms with Gasteiger partial charge in [-0.15, -0.1) is 0 Å². The Morgan fingerprint density at radius 3 is 2.53 bits per heavy atom. The minimum atomic E-state index is 0. The van der Waals surface area contributed by atoms with Crippen molar-refractivity contribution in [1.29, 1.82) is 0 Å². The van der Waals surface area contributed by atoms with E-state index in [-0.39, 0.29) is 7.43 Å². The number of hydrogen-bond donors (Lipinski definition) is 1. The second kappa shape index (κ2) is 5.53. The first-order valence-corrected chi connectivity index (χ1v) is 6.02. The van der Waals surface area contributed by atoms with Gasteiger partial charge in [-0.2, -0.15) is 0 Å². The smallest absolute Gasteiger partial charge is 0.169 e. The molecule has 0 spiro atoms. The van der Waals surface area contributed by atoms with Gasteiger partial charge in [-0.3, -0.25) is 0 Å². The van der Waals surface area contributed by atoms with Gasteiger partial charge in [-0.05, 0) is 17.2 Å². The molecule has 0 bridgehead atoms. The summed E-state index contributed by atoms with van der Waals surface area (Å²) < 4.78 is 2.03. The Morgan fingerprint density at radius 2 is 1.74 bits per heavy atom. The van der Waals surface area contributed by atoms with Crippen LogP contribution in [0.5, 0.6) is 0 Å². The normalized spacial score (nSPS) is 10.8. The van der Waals surface area contributed by atoms with E-state index in [1.807, 2.05) is 23.9 Å². The van der Waals surface area contributed by atoms with Gasteiger partial charge in [0.1, 0.15) is 7.05 Å². The predicted octanol–water partition coefficient (Wildman–Crippen LogP) is 3.80. The lowest BCUT2D eigenvalue weighted by Crippen LogP contribution is -2.25. The van der Waals surface area contributed by atoms with E-state index in [0.29, 0.717) is 0 Å². The lowest BCUT2D eigenvalue weighted by Gasteiger charge is -1.92. The highest BCUT2D eigenvalue weighted by Gasteiger charge is 1.99. The van der Waals surface area contributed by atoms with Crippen LogP contribution in [0.25, 0.3) is 23.1 Å². The van der Waals surface area contributed by atoms with Gasteiger partial charge in [-0.1, -0.05) is 37.8 Å². The summed E-state index contributed by atoms with van der Waals surface area (Å²) in [4.78, 5) is 3.28. The van der Waals surface area contributed by atoms with Crippen molar-refractivity contribution in [3.05, 3.63) is 66.1 Å². The van der Waals surface area contributed by atoms with E-state index in [2.05, 4.69) is 59.9 Å². The highest BCUT2D eigenvalue weighted by atomic mass is 14.9. The van der Waals surface area contributed by atoms with Crippen molar-refractivity contribution < 1.29 is 4.57 Å². The minimum Gasteiger partial charge on any atom is -0.361 e. The fourth-order valence-electron chi connectivity index (χ4n) is 2.04. The average molecular weight is 251 g/mol. The second-order valence-corrected chi connectivity index (χ2v) is 4.42. The first kappa shape index (κ1) is 13.1. The molecule has 1 aromatic carbocycles. The van der Waals surface area contributed by atoms with E-state index in [0.717, 1.165) is 0 Å². The molecule has 0 radical (unpaired) electrons. The van der Waals surface area contributed by atoms with Crippen LogP contribution in [0.3, 0.4) is 0 Å². The molecule has 96 valence electrons. The molecule has 19 heavy (non-hydrogen) atoms. The van der Waals surface area contributed by atoms with E-state index in [4.69, 9.17) is 0 Å². The summed E-state index contributed by atoms with van der Waals surface area (Å²) in [6, 6.07) is 12.5. The van der Waals surface area contributed by atoms with Crippen molar-refractivity contribution in [3.63, 3.8) is 0 Å². The number of nitrogens with one attached hydrogen (secondary N) is 1. The molecule has 0 atom stereocenters. The van der Waals surface area contributed by atoms with Gasteiger partial charge >= 0.3 is 0 Å². The maximum Gasteiger partial charge on any atom is 0.169 e. The van der Waals surface area contributed by atoms with Crippen molar-refractivity contribution in [2.75, 3.05) is 0 Å². The lowest BCUT2D eigenvalue weighted by molar-refractivity contribution is -0.671. The lowest BCUT2D eigenvalue weighted by atomic mass is 10.1. The Balaban J connectivity index is 0.00000133. The number of aromatic nitrogens is 2. The van der Waals surface area contributed by atoms with Crippen LogP contribution in [-0.4, -0.2) is 4.98 Å². The van der Waals surface area contributed by atoms with E-state index in [1.165, 1.54) is 22.0 Å². The fraction of sp³-hybridized carbons (Fsp3) is 0.118. The zero-order valence-corrected chi connectivity index (χ0v) is 10.3. The van der Waals surface area contributed by atoms with Gasteiger partial charge in [0, 0.05) is 29.2 Å². The molecule has 3 aromatic rings. The molecule has 0 fully saturated rings. The Bertz CT molecular complexity index is 691. The van der Waals surface area contributed by atoms with Crippen molar-refractivity contribution in [2.24, 2.45) is 7.05 Å². The van der Waals surface area contributed by atoms with Crippen LogP contribution in [-0.2, 0) is 7.05 Å². The second-order valence-electron chi connectivity index (χ2n) is 4.42. The molecule has 2 heterocycles. The molecule has 0 amide bonds. The Morgan fingerprint density at radius 1 is 1.00 bits per heavy atom. The largest absolute Gasteiger partial charge is 0.361 e. The van der Waals surface area contributed by atoms with Crippen LogP contribution in [0.1, 0.15) is 18.6 Å². The van der Waals surface area contributed by atoms with Gasteiger partial charge in [0.15, 0.2) is 12.4 Å². The monoisotopic (exact) mass is 251 g/mol. The number of fused-ring (bicyclic) bond motifs is 1. The molecule has 0 aliphatic carbocycles. The van der Waals surface area contributed by atoms with E-state index < -0.39 is 0 Å². The molecule has 2 nitrogen and oxygen atoms in total. The van der Waals surface area contributed by atoms with E-state index in [1.54, 1.807) is 0 Å². The first-order chi connectivity index (χ1) is 8.83. The van der Waals surface area contributed by atoms with Crippen molar-refractivity contribution in [1.82, 2.24) is 4.98 Å². The van der Waals surface area contributed by atoms with Gasteiger partial charge in [0.2, 0.25) is 0 Å². The van der Waals surface area contributed by atoms with Crippen LogP contribution < -0.4 is 4.57 Å². The number of para-hydroxylation sites is 1. The fourth-order valence-corrected chi connectivity index (χ4v) is 2.04. The maximum absolute atomic E-state index is 3.28. The third-order valence-electron chi connectivity index (χ3n) is 3.08. The summed E-state index contributed by atoms with van der Waals surface area (Å²) >= 11 is 0. The zero-order chi connectivity index (χ0) is 12.4. The summed E-state index contributed by atoms with van der Waals surface area (Å²) in [5.74, 6) is 0. The summed E-state index contributed by atoms with van der Waals surface area (Å²) in [7, 11) is 2.02. The van der Waals surface area contributed by atoms with Gasteiger partial charge < -0.3 is 4.98 Å². The van der Waals surface area contributed by atoms with E-state index >= 15 is 0 Å². The number of benzene rings is 1. The van der Waals surface area contributed by atoms with Crippen LogP contribution in [0.4, 0.5) is 0 Å². The third-order valence-corrected chi connectivity index (χ3v) is 3.08. The van der Waals surface area contributed by atoms with Crippen LogP contribution in [0.2, 0.25) is 0 Å². The number of hydrogen-bond acceptors (Lipinski definition) is 0. The van der Waals surface area contributed by atoms with E-state index in [9.17, 15) is 0 Å². The number of rotatable bonds is 2.